The van der Waals surface area contributed by atoms with Crippen molar-refractivity contribution in [3.8, 4) is 0 Å². The molecule has 0 rings (SSSR count). The first-order valence-electron chi connectivity index (χ1n) is 16.5. The lowest BCUT2D eigenvalue weighted by atomic mass is 10.0. The molecule has 0 spiro atoms. The van der Waals surface area contributed by atoms with E-state index in [9.17, 15) is 9.00 Å². The summed E-state index contributed by atoms with van der Waals surface area (Å²) >= 11 is 0.487. The molecule has 0 aromatic rings. The molecule has 4 nitrogen and oxygen atoms in total. The van der Waals surface area contributed by atoms with Crippen LogP contribution in [0.5, 0.6) is 0 Å². The van der Waals surface area contributed by atoms with Gasteiger partial charge in [0, 0.05) is 12.2 Å². The maximum absolute atomic E-state index is 10.6. The van der Waals surface area contributed by atoms with Crippen molar-refractivity contribution in [1.82, 2.24) is 0 Å². The van der Waals surface area contributed by atoms with Crippen molar-refractivity contribution in [2.75, 3.05) is 17.3 Å². The maximum Gasteiger partial charge on any atom is 0.303 e. The van der Waals surface area contributed by atoms with Crippen LogP contribution < -0.4 is 0 Å². The van der Waals surface area contributed by atoms with Crippen LogP contribution in [0.4, 0.5) is 0 Å². The SMILES string of the molecule is O=C(O)CCCCCCCCCCCCCCCCCCCCCCCCCSCCCCCCS(=O)O. The van der Waals surface area contributed by atoms with Crippen molar-refractivity contribution < 1.29 is 18.7 Å². The van der Waals surface area contributed by atoms with E-state index < -0.39 is 17.0 Å². The van der Waals surface area contributed by atoms with Crippen LogP contribution in [0.2, 0.25) is 0 Å². The van der Waals surface area contributed by atoms with Gasteiger partial charge in [0.2, 0.25) is 0 Å². The van der Waals surface area contributed by atoms with Gasteiger partial charge >= 0.3 is 5.97 Å². The number of hydrogen-bond acceptors (Lipinski definition) is 3. The van der Waals surface area contributed by atoms with E-state index in [-0.39, 0.29) is 0 Å². The summed E-state index contributed by atoms with van der Waals surface area (Å²) in [6, 6.07) is 0. The molecule has 0 bridgehead atoms. The highest BCUT2D eigenvalue weighted by Crippen LogP contribution is 2.16. The van der Waals surface area contributed by atoms with Crippen LogP contribution in [-0.2, 0) is 15.9 Å². The Morgan fingerprint density at radius 1 is 0.447 bits per heavy atom. The van der Waals surface area contributed by atoms with E-state index in [2.05, 4.69) is 11.8 Å². The van der Waals surface area contributed by atoms with Crippen LogP contribution >= 0.6 is 11.8 Å². The fraction of sp³-hybridized carbons (Fsp3) is 0.969. The van der Waals surface area contributed by atoms with Crippen molar-refractivity contribution in [2.45, 2.75) is 180 Å². The molecular weight excluding hydrogens is 512 g/mol. The molecule has 0 aliphatic rings. The number of aliphatic carboxylic acids is 1. The lowest BCUT2D eigenvalue weighted by molar-refractivity contribution is -0.137. The summed E-state index contributed by atoms with van der Waals surface area (Å²) < 4.78 is 19.3. The Hall–Kier alpha value is -0.0700. The minimum absolute atomic E-state index is 0.338. The second kappa shape index (κ2) is 33.1. The smallest absolute Gasteiger partial charge is 0.303 e. The van der Waals surface area contributed by atoms with Gasteiger partial charge in [0.05, 0.1) is 0 Å². The molecule has 0 aromatic heterocycles. The van der Waals surface area contributed by atoms with Crippen LogP contribution in [0.15, 0.2) is 0 Å². The Balaban J connectivity index is 3.04. The van der Waals surface area contributed by atoms with Gasteiger partial charge in [0.1, 0.15) is 0 Å². The molecular formula is C32H64O4S2. The fourth-order valence-corrected chi connectivity index (χ4v) is 6.55. The second-order valence-electron chi connectivity index (χ2n) is 11.3. The van der Waals surface area contributed by atoms with Crippen molar-refractivity contribution in [3.05, 3.63) is 0 Å². The molecule has 0 heterocycles. The van der Waals surface area contributed by atoms with Crippen LogP contribution in [0, 0.1) is 0 Å². The second-order valence-corrected chi connectivity index (χ2v) is 13.6. The molecule has 0 aliphatic carbocycles. The van der Waals surface area contributed by atoms with E-state index in [0.29, 0.717) is 12.2 Å². The third-order valence-corrected chi connectivity index (χ3v) is 9.33. The summed E-state index contributed by atoms with van der Waals surface area (Å²) in [6.07, 6.45) is 36.0. The molecule has 0 saturated carbocycles. The van der Waals surface area contributed by atoms with Gasteiger partial charge < -0.3 is 9.66 Å². The lowest BCUT2D eigenvalue weighted by Crippen LogP contribution is -1.94. The predicted molar refractivity (Wildman–Crippen MR) is 170 cm³/mol. The number of hydrogen-bond donors (Lipinski definition) is 2. The summed E-state index contributed by atoms with van der Waals surface area (Å²) in [5.74, 6) is 2.35. The summed E-state index contributed by atoms with van der Waals surface area (Å²) in [4.78, 5) is 10.5. The molecule has 0 aliphatic heterocycles. The Bertz CT molecular complexity index is 458. The molecule has 6 heteroatoms. The van der Waals surface area contributed by atoms with E-state index in [1.807, 2.05) is 0 Å². The molecule has 2 N–H and O–H groups in total. The van der Waals surface area contributed by atoms with Gasteiger partial charge in [0.25, 0.3) is 0 Å². The highest BCUT2D eigenvalue weighted by atomic mass is 32.2. The highest BCUT2D eigenvalue weighted by molar-refractivity contribution is 7.99. The van der Waals surface area contributed by atoms with Gasteiger partial charge in [0.15, 0.2) is 11.1 Å². The number of carboxylic acid groups (broad SMARTS) is 1. The van der Waals surface area contributed by atoms with Crippen LogP contribution in [0.3, 0.4) is 0 Å². The molecule has 0 amide bonds. The first kappa shape index (κ1) is 37.9. The first-order valence-corrected chi connectivity index (χ1v) is 18.9. The monoisotopic (exact) mass is 576 g/mol. The highest BCUT2D eigenvalue weighted by Gasteiger charge is 1.99. The standard InChI is InChI=1S/C32H64O4S2/c33-32(34)28-24-20-18-16-14-12-10-8-6-4-2-1-3-5-7-9-11-13-15-17-19-21-25-29-37-30-26-22-23-27-31-38(35)36/h1-31H2,(H,33,34)(H,35,36). The molecule has 0 radical (unpaired) electrons. The van der Waals surface area contributed by atoms with Crippen molar-refractivity contribution >= 4 is 28.8 Å². The topological polar surface area (TPSA) is 74.6 Å². The molecule has 38 heavy (non-hydrogen) atoms. The van der Waals surface area contributed by atoms with Gasteiger partial charge in [-0.2, -0.15) is 11.8 Å². The first-order chi connectivity index (χ1) is 18.6. The van der Waals surface area contributed by atoms with Gasteiger partial charge in [-0.15, -0.1) is 0 Å². The van der Waals surface area contributed by atoms with Gasteiger partial charge in [-0.05, 0) is 37.2 Å². The fourth-order valence-electron chi connectivity index (χ4n) is 5.08. The van der Waals surface area contributed by atoms with Gasteiger partial charge in [-0.1, -0.05) is 148 Å². The number of carbonyl (C=O) groups is 1. The van der Waals surface area contributed by atoms with Crippen LogP contribution in [0.1, 0.15) is 180 Å². The Kier molecular flexibility index (Phi) is 33.1. The van der Waals surface area contributed by atoms with E-state index in [4.69, 9.17) is 9.66 Å². The zero-order valence-corrected chi connectivity index (χ0v) is 26.6. The average molecular weight is 577 g/mol. The zero-order valence-electron chi connectivity index (χ0n) is 24.9. The molecule has 0 aromatic carbocycles. The van der Waals surface area contributed by atoms with E-state index in [1.165, 1.54) is 159 Å². The summed E-state index contributed by atoms with van der Waals surface area (Å²) in [7, 11) is 0. The van der Waals surface area contributed by atoms with Gasteiger partial charge in [-0.3, -0.25) is 4.79 Å². The molecule has 0 fully saturated rings. The number of carboxylic acids is 1. The molecule has 1 atom stereocenters. The third-order valence-electron chi connectivity index (χ3n) is 7.54. The Labute approximate surface area is 244 Å². The third kappa shape index (κ3) is 35.9. The number of rotatable bonds is 33. The maximum atomic E-state index is 10.6. The van der Waals surface area contributed by atoms with E-state index in [1.54, 1.807) is 0 Å². The lowest BCUT2D eigenvalue weighted by Gasteiger charge is -2.04. The van der Waals surface area contributed by atoms with Crippen LogP contribution in [-0.4, -0.2) is 37.1 Å². The normalized spacial score (nSPS) is 12.2. The van der Waals surface area contributed by atoms with Crippen molar-refractivity contribution in [1.29, 1.82) is 0 Å². The summed E-state index contributed by atoms with van der Waals surface area (Å²) in [6.45, 7) is 0. The summed E-state index contributed by atoms with van der Waals surface area (Å²) in [5, 5.41) is 8.62. The Morgan fingerprint density at radius 3 is 1.00 bits per heavy atom. The predicted octanol–water partition coefficient (Wildman–Crippen LogP) is 10.9. The van der Waals surface area contributed by atoms with E-state index in [0.717, 1.165) is 25.7 Å². The Morgan fingerprint density at radius 2 is 0.711 bits per heavy atom. The van der Waals surface area contributed by atoms with Crippen molar-refractivity contribution in [3.63, 3.8) is 0 Å². The number of thioether (sulfide) groups is 1. The molecule has 1 unspecified atom stereocenters. The minimum atomic E-state index is -1.60. The minimum Gasteiger partial charge on any atom is -0.481 e. The summed E-state index contributed by atoms with van der Waals surface area (Å²) in [5.41, 5.74) is 0. The zero-order chi connectivity index (χ0) is 27.8. The van der Waals surface area contributed by atoms with Gasteiger partial charge in [-0.25, -0.2) is 4.21 Å². The van der Waals surface area contributed by atoms with Crippen LogP contribution in [0.25, 0.3) is 0 Å². The molecule has 228 valence electrons. The van der Waals surface area contributed by atoms with E-state index >= 15 is 0 Å². The average Bonchev–Trinajstić information content (AvgIpc) is 2.89. The molecule has 0 saturated heterocycles. The van der Waals surface area contributed by atoms with Crippen molar-refractivity contribution in [2.24, 2.45) is 0 Å². The largest absolute Gasteiger partial charge is 0.481 e. The number of unbranched alkanes of at least 4 members (excludes halogenated alkanes) is 25. The quantitative estimate of drug-likeness (QED) is 0.0600.